The van der Waals surface area contributed by atoms with E-state index < -0.39 is 14.9 Å². The monoisotopic (exact) mass is 363 g/mol. The molecule has 2 N–H and O–H groups in total. The predicted octanol–water partition coefficient (Wildman–Crippen LogP) is 1.99. The summed E-state index contributed by atoms with van der Waals surface area (Å²) in [7, 11) is -3.66. The minimum Gasteiger partial charge on any atom is -0.317 e. The van der Waals surface area contributed by atoms with Crippen LogP contribution in [0, 0.1) is 22.5 Å². The molecule has 1 saturated heterocycles. The number of nitro benzene ring substituents is 1. The fourth-order valence-electron chi connectivity index (χ4n) is 2.60. The highest BCUT2D eigenvalue weighted by molar-refractivity contribution is 7.89. The number of sulfonamides is 1. The van der Waals surface area contributed by atoms with E-state index in [1.165, 1.54) is 18.2 Å². The fourth-order valence-corrected chi connectivity index (χ4v) is 4.03. The summed E-state index contributed by atoms with van der Waals surface area (Å²) >= 11 is 0. The normalized spacial score (nSPS) is 17.3. The quantitative estimate of drug-likeness (QED) is 0.615. The lowest BCUT2D eigenvalue weighted by Gasteiger charge is -2.34. The molecule has 1 aromatic carbocycles. The number of rotatable bonds is 5. The van der Waals surface area contributed by atoms with Crippen LogP contribution >= 0.6 is 12.4 Å². The zero-order valence-electron chi connectivity index (χ0n) is 13.2. The summed E-state index contributed by atoms with van der Waals surface area (Å²) in [6, 6.07) is 3.79. The molecule has 0 saturated carbocycles. The van der Waals surface area contributed by atoms with E-state index in [4.69, 9.17) is 0 Å². The molecule has 23 heavy (non-hydrogen) atoms. The maximum atomic E-state index is 12.4. The van der Waals surface area contributed by atoms with Crippen LogP contribution in [0.15, 0.2) is 23.1 Å². The van der Waals surface area contributed by atoms with Crippen molar-refractivity contribution in [3.8, 4) is 0 Å². The fraction of sp³-hybridized carbons (Fsp3) is 0.571. The van der Waals surface area contributed by atoms with Crippen LogP contribution in [-0.4, -0.2) is 33.0 Å². The number of halogens is 1. The van der Waals surface area contributed by atoms with Gasteiger partial charge < -0.3 is 5.32 Å². The minimum absolute atomic E-state index is 0. The summed E-state index contributed by atoms with van der Waals surface area (Å²) in [5, 5.41) is 14.0. The Kier molecular flexibility index (Phi) is 6.52. The molecular weight excluding hydrogens is 342 g/mol. The standard InChI is InChI=1S/C14H21N3O4S.ClH/c1-11-9-12(17(18)19)3-4-13(11)22(20,21)16-10-14(2)5-7-15-8-6-14;/h3-4,9,15-16H,5-8,10H2,1-2H3;1H. The average Bonchev–Trinajstić information content (AvgIpc) is 2.46. The Labute approximate surface area is 142 Å². The van der Waals surface area contributed by atoms with Crippen molar-refractivity contribution in [1.29, 1.82) is 0 Å². The van der Waals surface area contributed by atoms with E-state index in [2.05, 4.69) is 17.0 Å². The molecule has 1 aliphatic rings. The van der Waals surface area contributed by atoms with Gasteiger partial charge in [-0.1, -0.05) is 6.92 Å². The second-order valence-electron chi connectivity index (χ2n) is 6.09. The Balaban J connectivity index is 0.00000264. The Bertz CT molecular complexity index is 673. The van der Waals surface area contributed by atoms with Gasteiger partial charge in [0, 0.05) is 18.7 Å². The predicted molar refractivity (Wildman–Crippen MR) is 90.5 cm³/mol. The molecule has 0 bridgehead atoms. The molecule has 1 aromatic rings. The number of nitro groups is 1. The van der Waals surface area contributed by atoms with E-state index in [0.717, 1.165) is 25.9 Å². The molecule has 0 amide bonds. The highest BCUT2D eigenvalue weighted by Crippen LogP contribution is 2.28. The summed E-state index contributed by atoms with van der Waals surface area (Å²) in [6.07, 6.45) is 1.82. The van der Waals surface area contributed by atoms with Crippen LogP contribution in [0.1, 0.15) is 25.3 Å². The van der Waals surface area contributed by atoms with Crippen molar-refractivity contribution in [3.63, 3.8) is 0 Å². The third kappa shape index (κ3) is 4.87. The summed E-state index contributed by atoms with van der Waals surface area (Å²) in [5.41, 5.74) is 0.200. The van der Waals surface area contributed by atoms with Crippen molar-refractivity contribution in [2.45, 2.75) is 31.6 Å². The number of nitrogens with one attached hydrogen (secondary N) is 2. The molecule has 1 aliphatic heterocycles. The average molecular weight is 364 g/mol. The van der Waals surface area contributed by atoms with Gasteiger partial charge >= 0.3 is 0 Å². The number of hydrogen-bond donors (Lipinski definition) is 2. The number of aryl methyl sites for hydroxylation is 1. The van der Waals surface area contributed by atoms with E-state index in [1.807, 2.05) is 0 Å². The molecule has 130 valence electrons. The molecule has 0 unspecified atom stereocenters. The number of nitrogens with zero attached hydrogens (tertiary/aromatic N) is 1. The maximum absolute atomic E-state index is 12.4. The topological polar surface area (TPSA) is 101 Å². The van der Waals surface area contributed by atoms with Gasteiger partial charge in [0.2, 0.25) is 10.0 Å². The molecule has 9 heteroatoms. The first-order valence-electron chi connectivity index (χ1n) is 7.19. The Morgan fingerprint density at radius 3 is 2.48 bits per heavy atom. The van der Waals surface area contributed by atoms with Gasteiger partial charge in [-0.15, -0.1) is 12.4 Å². The second-order valence-corrected chi connectivity index (χ2v) is 7.83. The number of hydrogen-bond acceptors (Lipinski definition) is 5. The largest absolute Gasteiger partial charge is 0.317 e. The first-order valence-corrected chi connectivity index (χ1v) is 8.67. The molecule has 1 heterocycles. The van der Waals surface area contributed by atoms with Gasteiger partial charge in [0.25, 0.3) is 5.69 Å². The van der Waals surface area contributed by atoms with Crippen LogP contribution in [0.5, 0.6) is 0 Å². The molecule has 0 aliphatic carbocycles. The molecule has 0 atom stereocenters. The van der Waals surface area contributed by atoms with E-state index in [-0.39, 0.29) is 28.4 Å². The van der Waals surface area contributed by atoms with Crippen molar-refractivity contribution < 1.29 is 13.3 Å². The second kappa shape index (κ2) is 7.57. The van der Waals surface area contributed by atoms with Gasteiger partial charge in [-0.25, -0.2) is 13.1 Å². The highest BCUT2D eigenvalue weighted by atomic mass is 35.5. The third-order valence-electron chi connectivity index (χ3n) is 4.16. The van der Waals surface area contributed by atoms with Crippen molar-refractivity contribution >= 4 is 28.1 Å². The van der Waals surface area contributed by atoms with Gasteiger partial charge in [0.15, 0.2) is 0 Å². The maximum Gasteiger partial charge on any atom is 0.269 e. The van der Waals surface area contributed by atoms with Crippen molar-refractivity contribution in [3.05, 3.63) is 33.9 Å². The van der Waals surface area contributed by atoms with Crippen LogP contribution in [0.3, 0.4) is 0 Å². The highest BCUT2D eigenvalue weighted by Gasteiger charge is 2.29. The van der Waals surface area contributed by atoms with Gasteiger partial charge in [0.1, 0.15) is 0 Å². The summed E-state index contributed by atoms with van der Waals surface area (Å²) in [6.45, 7) is 5.77. The van der Waals surface area contributed by atoms with Crippen LogP contribution in [0.4, 0.5) is 5.69 Å². The molecule has 1 fully saturated rings. The van der Waals surface area contributed by atoms with Crippen molar-refractivity contribution in [1.82, 2.24) is 10.0 Å². The Morgan fingerprint density at radius 1 is 1.35 bits per heavy atom. The van der Waals surface area contributed by atoms with Crippen LogP contribution in [0.2, 0.25) is 0 Å². The molecule has 0 aromatic heterocycles. The number of piperidine rings is 1. The molecule has 0 radical (unpaired) electrons. The van der Waals surface area contributed by atoms with Gasteiger partial charge in [-0.05, 0) is 49.9 Å². The van der Waals surface area contributed by atoms with Gasteiger partial charge in [0.05, 0.1) is 9.82 Å². The van der Waals surface area contributed by atoms with Gasteiger partial charge in [-0.2, -0.15) is 0 Å². The van der Waals surface area contributed by atoms with Crippen molar-refractivity contribution in [2.24, 2.45) is 5.41 Å². The summed E-state index contributed by atoms with van der Waals surface area (Å²) < 4.78 is 27.5. The molecule has 7 nitrogen and oxygen atoms in total. The van der Waals surface area contributed by atoms with Crippen LogP contribution < -0.4 is 10.0 Å². The summed E-state index contributed by atoms with van der Waals surface area (Å²) in [4.78, 5) is 10.3. The van der Waals surface area contributed by atoms with E-state index >= 15 is 0 Å². The lowest BCUT2D eigenvalue weighted by atomic mass is 9.81. The smallest absolute Gasteiger partial charge is 0.269 e. The lowest BCUT2D eigenvalue weighted by Crippen LogP contribution is -2.42. The summed E-state index contributed by atoms with van der Waals surface area (Å²) in [5.74, 6) is 0. The third-order valence-corrected chi connectivity index (χ3v) is 5.72. The van der Waals surface area contributed by atoms with E-state index in [0.29, 0.717) is 12.1 Å². The van der Waals surface area contributed by atoms with Crippen LogP contribution in [0.25, 0.3) is 0 Å². The zero-order chi connectivity index (χ0) is 16.4. The van der Waals surface area contributed by atoms with Gasteiger partial charge in [-0.3, -0.25) is 10.1 Å². The van der Waals surface area contributed by atoms with E-state index in [1.54, 1.807) is 6.92 Å². The number of non-ortho nitro benzene ring substituents is 1. The molecule has 2 rings (SSSR count). The Morgan fingerprint density at radius 2 is 1.96 bits per heavy atom. The SMILES string of the molecule is Cc1cc([N+](=O)[O-])ccc1S(=O)(=O)NCC1(C)CCNCC1.Cl. The van der Waals surface area contributed by atoms with Crippen LogP contribution in [-0.2, 0) is 10.0 Å². The first-order chi connectivity index (χ1) is 10.2. The zero-order valence-corrected chi connectivity index (χ0v) is 14.8. The van der Waals surface area contributed by atoms with E-state index in [9.17, 15) is 18.5 Å². The lowest BCUT2D eigenvalue weighted by molar-refractivity contribution is -0.385. The minimum atomic E-state index is -3.66. The molecular formula is C14H22ClN3O4S. The number of benzene rings is 1. The Hall–Kier alpha value is -1.22. The van der Waals surface area contributed by atoms with Crippen molar-refractivity contribution in [2.75, 3.05) is 19.6 Å². The molecule has 0 spiro atoms. The first kappa shape index (κ1) is 19.8.